The monoisotopic (exact) mass is 332 g/mol. The van der Waals surface area contributed by atoms with Crippen molar-refractivity contribution in [2.24, 2.45) is 0 Å². The van der Waals surface area contributed by atoms with Gasteiger partial charge in [-0.3, -0.25) is 0 Å². The normalized spacial score (nSPS) is 22.0. The Bertz CT molecular complexity index is 414. The Morgan fingerprint density at radius 3 is 3.06 bits per heavy atom. The number of hydrogen-bond donors (Lipinski definition) is 1. The second kappa shape index (κ2) is 6.22. The molecule has 2 rings (SSSR count). The van der Waals surface area contributed by atoms with Crippen LogP contribution in [0, 0.1) is 0 Å². The van der Waals surface area contributed by atoms with Gasteiger partial charge in [-0.25, -0.2) is 4.98 Å². The molecule has 3 nitrogen and oxygen atoms in total. The van der Waals surface area contributed by atoms with Crippen molar-refractivity contribution < 1.29 is 5.11 Å². The molecule has 0 amide bonds. The highest BCUT2D eigenvalue weighted by molar-refractivity contribution is 9.10. The number of anilines is 1. The van der Waals surface area contributed by atoms with Crippen LogP contribution in [0.15, 0.2) is 16.7 Å². The van der Waals surface area contributed by atoms with Crippen molar-refractivity contribution in [2.75, 3.05) is 11.4 Å². The molecule has 2 heterocycles. The predicted molar refractivity (Wildman–Crippen MR) is 78.2 cm³/mol. The van der Waals surface area contributed by atoms with E-state index in [0.717, 1.165) is 29.7 Å². The molecule has 18 heavy (non-hydrogen) atoms. The van der Waals surface area contributed by atoms with Gasteiger partial charge >= 0.3 is 0 Å². The Morgan fingerprint density at radius 2 is 2.39 bits per heavy atom. The molecule has 0 radical (unpaired) electrons. The van der Waals surface area contributed by atoms with E-state index in [1.807, 2.05) is 13.0 Å². The quantitative estimate of drug-likeness (QED) is 0.917. The second-order valence-electron chi connectivity index (χ2n) is 4.89. The average Bonchev–Trinajstić information content (AvgIpc) is 2.30. The Morgan fingerprint density at radius 1 is 1.61 bits per heavy atom. The molecule has 1 fully saturated rings. The number of nitrogens with zero attached hydrogens (tertiary/aromatic N) is 2. The Hall–Kier alpha value is -0.320. The van der Waals surface area contributed by atoms with Gasteiger partial charge in [-0.1, -0.05) is 11.6 Å². The number of aliphatic hydroxyl groups is 1. The van der Waals surface area contributed by atoms with Gasteiger partial charge in [-0.05, 0) is 54.6 Å². The van der Waals surface area contributed by atoms with E-state index in [9.17, 15) is 5.11 Å². The lowest BCUT2D eigenvalue weighted by Crippen LogP contribution is -2.42. The van der Waals surface area contributed by atoms with Crippen LogP contribution in [0.2, 0.25) is 5.02 Å². The first kappa shape index (κ1) is 14.1. The summed E-state index contributed by atoms with van der Waals surface area (Å²) in [5.41, 5.74) is 0. The summed E-state index contributed by atoms with van der Waals surface area (Å²) in [6.45, 7) is 2.84. The number of pyridine rings is 1. The maximum absolute atomic E-state index is 9.60. The van der Waals surface area contributed by atoms with Gasteiger partial charge in [-0.2, -0.15) is 0 Å². The van der Waals surface area contributed by atoms with Crippen molar-refractivity contribution in [1.82, 2.24) is 4.98 Å². The number of rotatable bonds is 3. The Kier molecular flexibility index (Phi) is 4.87. The van der Waals surface area contributed by atoms with Gasteiger partial charge in [0.25, 0.3) is 0 Å². The van der Waals surface area contributed by atoms with Crippen molar-refractivity contribution >= 4 is 33.3 Å². The first-order valence-electron chi connectivity index (χ1n) is 6.33. The van der Waals surface area contributed by atoms with Gasteiger partial charge < -0.3 is 10.0 Å². The summed E-state index contributed by atoms with van der Waals surface area (Å²) in [5.74, 6) is 0.935. The summed E-state index contributed by atoms with van der Waals surface area (Å²) in [6, 6.07) is 2.24. The van der Waals surface area contributed by atoms with E-state index in [4.69, 9.17) is 11.6 Å². The van der Waals surface area contributed by atoms with Crippen LogP contribution in [-0.2, 0) is 0 Å². The molecule has 0 saturated carbocycles. The predicted octanol–water partition coefficient (Wildman–Crippen LogP) is 3.63. The minimum atomic E-state index is -0.276. The van der Waals surface area contributed by atoms with E-state index in [1.165, 1.54) is 12.8 Å². The first-order chi connectivity index (χ1) is 8.58. The summed E-state index contributed by atoms with van der Waals surface area (Å²) in [6.07, 6.45) is 5.70. The van der Waals surface area contributed by atoms with Crippen LogP contribution in [0.5, 0.6) is 0 Å². The van der Waals surface area contributed by atoms with Crippen molar-refractivity contribution in [3.8, 4) is 0 Å². The molecule has 1 aliphatic rings. The summed E-state index contributed by atoms with van der Waals surface area (Å²) < 4.78 is 0.924. The van der Waals surface area contributed by atoms with E-state index >= 15 is 0 Å². The minimum absolute atomic E-state index is 0.276. The number of hydrogen-bond acceptors (Lipinski definition) is 3. The van der Waals surface area contributed by atoms with Crippen molar-refractivity contribution in [3.63, 3.8) is 0 Å². The fourth-order valence-corrected chi connectivity index (χ4v) is 3.40. The van der Waals surface area contributed by atoms with Gasteiger partial charge in [0.2, 0.25) is 0 Å². The number of aliphatic hydroxyl groups excluding tert-OH is 1. The van der Waals surface area contributed by atoms with Crippen LogP contribution in [-0.4, -0.2) is 28.8 Å². The molecular weight excluding hydrogens is 316 g/mol. The molecule has 2 atom stereocenters. The Labute approximate surface area is 121 Å². The SMILES string of the molecule is CC(O)CC1CCCCN1c1ncc(Cl)cc1Br. The number of aromatic nitrogens is 1. The second-order valence-corrected chi connectivity index (χ2v) is 6.18. The third-order valence-electron chi connectivity index (χ3n) is 3.30. The highest BCUT2D eigenvalue weighted by Gasteiger charge is 2.26. The molecular formula is C13H18BrClN2O. The van der Waals surface area contributed by atoms with E-state index in [2.05, 4.69) is 25.8 Å². The fourth-order valence-electron chi connectivity index (χ4n) is 2.54. The van der Waals surface area contributed by atoms with Crippen LogP contribution >= 0.6 is 27.5 Å². The lowest BCUT2D eigenvalue weighted by molar-refractivity contribution is 0.167. The van der Waals surface area contributed by atoms with Gasteiger partial charge in [0.1, 0.15) is 5.82 Å². The molecule has 1 aromatic heterocycles. The fraction of sp³-hybridized carbons (Fsp3) is 0.615. The van der Waals surface area contributed by atoms with Crippen molar-refractivity contribution in [2.45, 2.75) is 44.8 Å². The lowest BCUT2D eigenvalue weighted by atomic mass is 9.97. The molecule has 5 heteroatoms. The van der Waals surface area contributed by atoms with E-state index in [0.29, 0.717) is 11.1 Å². The summed E-state index contributed by atoms with van der Waals surface area (Å²) in [4.78, 5) is 6.71. The van der Waals surface area contributed by atoms with Crippen molar-refractivity contribution in [1.29, 1.82) is 0 Å². The smallest absolute Gasteiger partial charge is 0.143 e. The molecule has 0 spiro atoms. The van der Waals surface area contributed by atoms with Crippen LogP contribution in [0.25, 0.3) is 0 Å². The zero-order chi connectivity index (χ0) is 13.1. The topological polar surface area (TPSA) is 36.4 Å². The third kappa shape index (κ3) is 3.37. The Balaban J connectivity index is 2.22. The molecule has 1 aromatic rings. The maximum atomic E-state index is 9.60. The van der Waals surface area contributed by atoms with Crippen LogP contribution in [0.3, 0.4) is 0 Å². The number of halogens is 2. The highest BCUT2D eigenvalue weighted by Crippen LogP contribution is 2.32. The number of piperidine rings is 1. The molecule has 1 N–H and O–H groups in total. The van der Waals surface area contributed by atoms with Crippen molar-refractivity contribution in [3.05, 3.63) is 21.8 Å². The van der Waals surface area contributed by atoms with Gasteiger partial charge in [-0.15, -0.1) is 0 Å². The molecule has 2 unspecified atom stereocenters. The van der Waals surface area contributed by atoms with E-state index < -0.39 is 0 Å². The van der Waals surface area contributed by atoms with E-state index in [1.54, 1.807) is 6.20 Å². The molecule has 0 aromatic carbocycles. The molecule has 1 saturated heterocycles. The molecule has 0 bridgehead atoms. The van der Waals surface area contributed by atoms with Crippen LogP contribution < -0.4 is 4.90 Å². The standard InChI is InChI=1S/C13H18BrClN2O/c1-9(18)6-11-4-2-3-5-17(11)13-12(14)7-10(15)8-16-13/h7-9,11,18H,2-6H2,1H3. The van der Waals surface area contributed by atoms with Crippen LogP contribution in [0.1, 0.15) is 32.6 Å². The van der Waals surface area contributed by atoms with Crippen LogP contribution in [0.4, 0.5) is 5.82 Å². The summed E-state index contributed by atoms with van der Waals surface area (Å²) in [5, 5.41) is 10.2. The lowest BCUT2D eigenvalue weighted by Gasteiger charge is -2.37. The largest absolute Gasteiger partial charge is 0.393 e. The van der Waals surface area contributed by atoms with Gasteiger partial charge in [0.05, 0.1) is 15.6 Å². The molecule has 100 valence electrons. The van der Waals surface area contributed by atoms with E-state index in [-0.39, 0.29) is 6.10 Å². The zero-order valence-electron chi connectivity index (χ0n) is 10.4. The zero-order valence-corrected chi connectivity index (χ0v) is 12.8. The summed E-state index contributed by atoms with van der Waals surface area (Å²) in [7, 11) is 0. The summed E-state index contributed by atoms with van der Waals surface area (Å²) >= 11 is 9.45. The van der Waals surface area contributed by atoms with Gasteiger partial charge in [0, 0.05) is 18.8 Å². The average molecular weight is 334 g/mol. The highest BCUT2D eigenvalue weighted by atomic mass is 79.9. The minimum Gasteiger partial charge on any atom is -0.393 e. The molecule has 0 aliphatic carbocycles. The molecule has 1 aliphatic heterocycles. The van der Waals surface area contributed by atoms with Gasteiger partial charge in [0.15, 0.2) is 0 Å². The first-order valence-corrected chi connectivity index (χ1v) is 7.51. The third-order valence-corrected chi connectivity index (χ3v) is 4.09. The maximum Gasteiger partial charge on any atom is 0.143 e.